The van der Waals surface area contributed by atoms with Crippen molar-refractivity contribution in [2.24, 2.45) is 0 Å². The summed E-state index contributed by atoms with van der Waals surface area (Å²) in [4.78, 5) is 15.0. The molecule has 0 radical (unpaired) electrons. The summed E-state index contributed by atoms with van der Waals surface area (Å²) in [5.74, 6) is 6.84. The number of furan rings is 1. The molecular weight excluding hydrogens is 414 g/mol. The van der Waals surface area contributed by atoms with Gasteiger partial charge in [0.1, 0.15) is 5.76 Å². The highest BCUT2D eigenvalue weighted by atomic mass is 32.2. The van der Waals surface area contributed by atoms with Gasteiger partial charge in [0, 0.05) is 29.7 Å². The Morgan fingerprint density at radius 3 is 2.77 bits per heavy atom. The number of urea groups is 1. The van der Waals surface area contributed by atoms with E-state index in [2.05, 4.69) is 26.8 Å². The minimum atomic E-state index is -4.12. The van der Waals surface area contributed by atoms with Crippen LogP contribution in [0.5, 0.6) is 0 Å². The van der Waals surface area contributed by atoms with Crippen LogP contribution < -0.4 is 10.0 Å². The van der Waals surface area contributed by atoms with Crippen molar-refractivity contribution in [3.8, 4) is 11.8 Å². The maximum atomic E-state index is 12.9. The van der Waals surface area contributed by atoms with Crippen LogP contribution in [0.15, 0.2) is 27.7 Å². The molecule has 2 bridgehead atoms. The molecule has 0 atom stereocenters. The van der Waals surface area contributed by atoms with Gasteiger partial charge >= 0.3 is 6.03 Å². The summed E-state index contributed by atoms with van der Waals surface area (Å²) in [6.45, 7) is 4.42. The highest BCUT2D eigenvalue weighted by Crippen LogP contribution is 2.38. The number of hydrogen-bond acceptors (Lipinski definition) is 5. The first-order valence-corrected chi connectivity index (χ1v) is 12.2. The highest BCUT2D eigenvalue weighted by Gasteiger charge is 2.34. The molecular formula is C23H25N3O4S. The van der Waals surface area contributed by atoms with E-state index >= 15 is 0 Å². The van der Waals surface area contributed by atoms with Gasteiger partial charge in [0.15, 0.2) is 0 Å². The Kier molecular flexibility index (Phi) is 5.03. The molecule has 1 saturated heterocycles. The molecule has 1 aromatic carbocycles. The topological polar surface area (TPSA) is 91.7 Å². The van der Waals surface area contributed by atoms with E-state index in [9.17, 15) is 13.2 Å². The van der Waals surface area contributed by atoms with Gasteiger partial charge in [-0.25, -0.2) is 9.52 Å². The van der Waals surface area contributed by atoms with Gasteiger partial charge in [-0.15, -0.1) is 5.92 Å². The zero-order valence-corrected chi connectivity index (χ0v) is 18.3. The van der Waals surface area contributed by atoms with Crippen LogP contribution >= 0.6 is 0 Å². The average molecular weight is 440 g/mol. The molecule has 4 aliphatic rings. The molecule has 1 fully saturated rings. The number of amides is 2. The van der Waals surface area contributed by atoms with Crippen LogP contribution in [0.3, 0.4) is 0 Å². The molecule has 1 aromatic heterocycles. The van der Waals surface area contributed by atoms with Crippen LogP contribution in [0.25, 0.3) is 0 Å². The van der Waals surface area contributed by atoms with Crippen molar-refractivity contribution in [3.05, 3.63) is 46.2 Å². The molecule has 2 amide bonds. The normalized spacial score (nSPS) is 21.5. The van der Waals surface area contributed by atoms with E-state index in [1.54, 1.807) is 13.0 Å². The Morgan fingerprint density at radius 2 is 2.00 bits per heavy atom. The lowest BCUT2D eigenvalue weighted by Crippen LogP contribution is -2.34. The fourth-order valence-corrected chi connectivity index (χ4v) is 5.86. The van der Waals surface area contributed by atoms with Crippen LogP contribution in [0.1, 0.15) is 60.1 Å². The van der Waals surface area contributed by atoms with Crippen molar-refractivity contribution < 1.29 is 17.6 Å². The van der Waals surface area contributed by atoms with E-state index in [4.69, 9.17) is 4.42 Å². The number of nitrogens with zero attached hydrogens (tertiary/aromatic N) is 1. The summed E-state index contributed by atoms with van der Waals surface area (Å²) in [7, 11) is -4.12. The van der Waals surface area contributed by atoms with Gasteiger partial charge < -0.3 is 9.73 Å². The smallest absolute Gasteiger partial charge is 0.333 e. The number of rotatable bonds is 3. The van der Waals surface area contributed by atoms with Gasteiger partial charge in [0.25, 0.3) is 10.0 Å². The largest absolute Gasteiger partial charge is 0.447 e. The summed E-state index contributed by atoms with van der Waals surface area (Å²) in [5.41, 5.74) is 4.38. The number of carbonyl (C=O) groups excluding carboxylic acids is 1. The van der Waals surface area contributed by atoms with Gasteiger partial charge in [0.05, 0.1) is 5.69 Å². The fraction of sp³-hybridized carbons (Fsp3) is 0.435. The first kappa shape index (κ1) is 20.2. The van der Waals surface area contributed by atoms with E-state index in [0.29, 0.717) is 17.8 Å². The molecule has 6 rings (SSSR count). The molecule has 0 unspecified atom stereocenters. The molecule has 0 spiro atoms. The highest BCUT2D eigenvalue weighted by molar-refractivity contribution is 7.89. The zero-order chi connectivity index (χ0) is 21.6. The maximum absolute atomic E-state index is 12.9. The van der Waals surface area contributed by atoms with Crippen LogP contribution in [0.2, 0.25) is 0 Å². The van der Waals surface area contributed by atoms with E-state index in [1.165, 1.54) is 5.56 Å². The molecule has 1 aliphatic carbocycles. The Hall–Kier alpha value is -2.76. The van der Waals surface area contributed by atoms with Crippen molar-refractivity contribution >= 4 is 21.7 Å². The average Bonchev–Trinajstić information content (AvgIpc) is 3.32. The Labute approximate surface area is 182 Å². The summed E-state index contributed by atoms with van der Waals surface area (Å²) < 4.78 is 33.7. The van der Waals surface area contributed by atoms with Gasteiger partial charge in [-0.3, -0.25) is 4.90 Å². The van der Waals surface area contributed by atoms with Crippen LogP contribution in [0.4, 0.5) is 10.5 Å². The molecule has 8 heteroatoms. The number of aryl methyl sites for hydroxylation is 1. The molecule has 162 valence electrons. The number of carbonyl (C=O) groups is 1. The zero-order valence-electron chi connectivity index (χ0n) is 17.5. The van der Waals surface area contributed by atoms with Crippen molar-refractivity contribution in [1.82, 2.24) is 9.62 Å². The Balaban J connectivity index is 1.38. The third kappa shape index (κ3) is 3.73. The van der Waals surface area contributed by atoms with Crippen molar-refractivity contribution in [1.29, 1.82) is 0 Å². The number of benzene rings is 1. The molecule has 7 nitrogen and oxygen atoms in total. The lowest BCUT2D eigenvalue weighted by molar-refractivity contribution is 0.212. The minimum Gasteiger partial charge on any atom is -0.447 e. The third-order valence-electron chi connectivity index (χ3n) is 6.44. The van der Waals surface area contributed by atoms with Gasteiger partial charge in [-0.05, 0) is 69.3 Å². The standard InChI is InChI=1S/C23H25N3O4S/c1-2-4-16-8-7-15-5-3-6-19(15)21(16)24-23(27)25-31(28,29)20-13-18-14-26-11-9-17(10-12-26)22(18)30-20/h7-8,13,17H,3,5-6,9-12,14H2,1H3,(H2,24,25,27). The SMILES string of the molecule is CC#Cc1ccc2c(c1NC(=O)NS(=O)(=O)c1cc3c(o1)C1CCN(CC1)C3)CCC2. The maximum Gasteiger partial charge on any atom is 0.333 e. The second-order valence-corrected chi connectivity index (χ2v) is 10.0. The number of hydrogen-bond donors (Lipinski definition) is 2. The van der Waals surface area contributed by atoms with Crippen molar-refractivity contribution in [3.63, 3.8) is 0 Å². The van der Waals surface area contributed by atoms with E-state index < -0.39 is 16.1 Å². The Morgan fingerprint density at radius 1 is 1.19 bits per heavy atom. The van der Waals surface area contributed by atoms with E-state index in [-0.39, 0.29) is 11.0 Å². The lowest BCUT2D eigenvalue weighted by Gasteiger charge is -2.26. The quantitative estimate of drug-likeness (QED) is 0.716. The number of piperidine rings is 1. The number of anilines is 1. The summed E-state index contributed by atoms with van der Waals surface area (Å²) in [6, 6.07) is 4.66. The summed E-state index contributed by atoms with van der Waals surface area (Å²) in [6.07, 6.45) is 4.71. The van der Waals surface area contributed by atoms with Gasteiger partial charge in [-0.1, -0.05) is 12.0 Å². The minimum absolute atomic E-state index is 0.201. The second-order valence-electron chi connectivity index (χ2n) is 8.42. The fourth-order valence-electron chi connectivity index (χ4n) is 4.97. The molecule has 2 N–H and O–H groups in total. The number of fused-ring (bicyclic) bond motifs is 3. The first-order chi connectivity index (χ1) is 14.9. The van der Waals surface area contributed by atoms with Crippen LogP contribution in [0, 0.1) is 11.8 Å². The summed E-state index contributed by atoms with van der Waals surface area (Å²) in [5, 5.41) is 2.54. The van der Waals surface area contributed by atoms with Gasteiger partial charge in [-0.2, -0.15) is 8.42 Å². The number of nitrogens with one attached hydrogen (secondary N) is 2. The monoisotopic (exact) mass is 439 g/mol. The lowest BCUT2D eigenvalue weighted by atomic mass is 9.95. The molecule has 0 saturated carbocycles. The first-order valence-electron chi connectivity index (χ1n) is 10.7. The molecule has 2 aromatic rings. The molecule has 3 aliphatic heterocycles. The predicted molar refractivity (Wildman–Crippen MR) is 116 cm³/mol. The molecule has 31 heavy (non-hydrogen) atoms. The van der Waals surface area contributed by atoms with Crippen molar-refractivity contribution in [2.75, 3.05) is 18.4 Å². The predicted octanol–water partition coefficient (Wildman–Crippen LogP) is 3.34. The van der Waals surface area contributed by atoms with Crippen molar-refractivity contribution in [2.45, 2.75) is 56.6 Å². The van der Waals surface area contributed by atoms with Gasteiger partial charge in [0.2, 0.25) is 5.09 Å². The van der Waals surface area contributed by atoms with E-state index in [1.807, 2.05) is 12.1 Å². The molecule has 4 heterocycles. The second kappa shape index (κ2) is 7.74. The third-order valence-corrected chi connectivity index (χ3v) is 7.63. The van der Waals surface area contributed by atoms with Crippen LogP contribution in [-0.2, 0) is 29.4 Å². The van der Waals surface area contributed by atoms with E-state index in [0.717, 1.165) is 62.1 Å². The van der Waals surface area contributed by atoms with Crippen LogP contribution in [-0.4, -0.2) is 32.4 Å². The Bertz CT molecular complexity index is 1210. The number of sulfonamides is 1. The summed E-state index contributed by atoms with van der Waals surface area (Å²) >= 11 is 0.